The van der Waals surface area contributed by atoms with Crippen molar-refractivity contribution in [2.75, 3.05) is 26.4 Å². The average Bonchev–Trinajstić information content (AvgIpc) is 0.828. The third kappa shape index (κ3) is 34.6. The second kappa shape index (κ2) is 52.7. The highest BCUT2D eigenvalue weighted by Crippen LogP contribution is 2.32. The molecule has 0 aromatic heterocycles. The fourth-order valence-electron chi connectivity index (χ4n) is 12.4. The summed E-state index contributed by atoms with van der Waals surface area (Å²) in [5.41, 5.74) is 1.66. The first kappa shape index (κ1) is 84.7. The van der Waals surface area contributed by atoms with E-state index in [1.807, 2.05) is 0 Å². The van der Waals surface area contributed by atoms with Crippen LogP contribution < -0.4 is 37.9 Å². The predicted octanol–water partition coefficient (Wildman–Crippen LogP) is 24.8. The molecule has 0 fully saturated rings. The monoisotopic (exact) mass is 1430 g/mol. The van der Waals surface area contributed by atoms with Crippen LogP contribution in [0.5, 0.6) is 46.0 Å². The molecule has 14 nitrogen and oxygen atoms in total. The highest BCUT2D eigenvalue weighted by molar-refractivity contribution is 6.02. The van der Waals surface area contributed by atoms with Crippen LogP contribution in [0, 0.1) is 0 Å². The summed E-state index contributed by atoms with van der Waals surface area (Å²) in [5, 5.41) is 0. The Hall–Kier alpha value is -8.26. The molecule has 6 aromatic carbocycles. The van der Waals surface area contributed by atoms with E-state index < -0.39 is 23.9 Å². The van der Waals surface area contributed by atoms with Gasteiger partial charge in [0.2, 0.25) is 0 Å². The second-order valence-electron chi connectivity index (χ2n) is 27.7. The van der Waals surface area contributed by atoms with Crippen molar-refractivity contribution < 1.29 is 66.7 Å². The maximum Gasteiger partial charge on any atom is 0.343 e. The highest BCUT2D eigenvalue weighted by Gasteiger charge is 2.22. The van der Waals surface area contributed by atoms with Crippen LogP contribution in [0.15, 0.2) is 133 Å². The molecule has 104 heavy (non-hydrogen) atoms. The first-order valence-corrected chi connectivity index (χ1v) is 40.1. The molecular weight excluding hydrogens is 1300 g/mol. The van der Waals surface area contributed by atoms with Gasteiger partial charge in [0.05, 0.1) is 59.8 Å². The Kier molecular flexibility index (Phi) is 42.9. The molecule has 14 heteroatoms. The molecule has 0 saturated carbocycles. The molecule has 0 unspecified atom stereocenters. The number of carbonyl (C=O) groups is 6. The summed E-state index contributed by atoms with van der Waals surface area (Å²) in [6.45, 7) is 11.3. The van der Waals surface area contributed by atoms with Crippen LogP contribution in [0.4, 0.5) is 0 Å². The van der Waals surface area contributed by atoms with Gasteiger partial charge >= 0.3 is 23.9 Å². The van der Waals surface area contributed by atoms with E-state index in [1.54, 1.807) is 97.1 Å². The van der Waals surface area contributed by atoms with Gasteiger partial charge in [-0.05, 0) is 172 Å². The van der Waals surface area contributed by atoms with Gasteiger partial charge in [0.1, 0.15) is 46.0 Å². The van der Waals surface area contributed by atoms with Gasteiger partial charge in [-0.3, -0.25) is 9.59 Å². The summed E-state index contributed by atoms with van der Waals surface area (Å²) < 4.78 is 47.1. The molecule has 0 spiro atoms. The second-order valence-corrected chi connectivity index (χ2v) is 27.7. The highest BCUT2D eigenvalue weighted by atomic mass is 16.6. The first-order valence-electron chi connectivity index (χ1n) is 40.1. The van der Waals surface area contributed by atoms with Crippen LogP contribution in [0.2, 0.25) is 0 Å². The third-order valence-electron chi connectivity index (χ3n) is 18.8. The lowest BCUT2D eigenvalue weighted by Gasteiger charge is -2.13. The van der Waals surface area contributed by atoms with Crippen LogP contribution in [0.3, 0.4) is 0 Å². The fourth-order valence-corrected chi connectivity index (χ4v) is 12.4. The number of carbonyl (C=O) groups excluding carboxylic acids is 6. The van der Waals surface area contributed by atoms with Crippen molar-refractivity contribution >= 4 is 35.4 Å². The Morgan fingerprint density at radius 2 is 0.423 bits per heavy atom. The van der Waals surface area contributed by atoms with Crippen LogP contribution in [-0.2, 0) is 0 Å². The van der Waals surface area contributed by atoms with Gasteiger partial charge in [-0.25, -0.2) is 19.2 Å². The molecule has 0 aliphatic rings. The lowest BCUT2D eigenvalue weighted by Crippen LogP contribution is -2.13. The van der Waals surface area contributed by atoms with Crippen molar-refractivity contribution in [3.63, 3.8) is 0 Å². The molecule has 0 saturated heterocycles. The molecule has 6 aromatic rings. The summed E-state index contributed by atoms with van der Waals surface area (Å²) in [7, 11) is 0. The summed E-state index contributed by atoms with van der Waals surface area (Å²) in [4.78, 5) is 81.9. The minimum absolute atomic E-state index is 0.102. The number of esters is 4. The zero-order valence-electron chi connectivity index (χ0n) is 63.5. The van der Waals surface area contributed by atoms with Gasteiger partial charge in [-0.2, -0.15) is 0 Å². The Labute approximate surface area is 622 Å². The van der Waals surface area contributed by atoms with E-state index >= 15 is 0 Å². The largest absolute Gasteiger partial charge is 0.494 e. The van der Waals surface area contributed by atoms with Gasteiger partial charge in [0, 0.05) is 12.8 Å². The van der Waals surface area contributed by atoms with Crippen molar-refractivity contribution in [3.8, 4) is 46.0 Å². The van der Waals surface area contributed by atoms with E-state index in [0.717, 1.165) is 128 Å². The number of Topliss-reactive ketones (excluding diaryl/α,β-unsaturated/α-hetero) is 2. The molecule has 0 amide bonds. The average molecular weight is 1430 g/mol. The Morgan fingerprint density at radius 3 is 0.663 bits per heavy atom. The lowest BCUT2D eigenvalue weighted by molar-refractivity contribution is 0.0715. The normalized spacial score (nSPS) is 11.1. The summed E-state index contributed by atoms with van der Waals surface area (Å²) in [6, 6.07) is 36.5. The molecule has 0 aliphatic heterocycles. The predicted molar refractivity (Wildman–Crippen MR) is 417 cm³/mol. The number of ketones is 2. The zero-order chi connectivity index (χ0) is 73.9. The number of ether oxygens (including phenoxy) is 8. The van der Waals surface area contributed by atoms with Crippen molar-refractivity contribution in [3.05, 3.63) is 167 Å². The van der Waals surface area contributed by atoms with Crippen molar-refractivity contribution in [2.24, 2.45) is 0 Å². The van der Waals surface area contributed by atoms with Crippen molar-refractivity contribution in [1.29, 1.82) is 0 Å². The number of hydrogen-bond acceptors (Lipinski definition) is 14. The summed E-state index contributed by atoms with van der Waals surface area (Å²) >= 11 is 0. The van der Waals surface area contributed by atoms with Gasteiger partial charge in [0.15, 0.2) is 11.6 Å². The van der Waals surface area contributed by atoms with E-state index in [1.165, 1.54) is 139 Å². The summed E-state index contributed by atoms with van der Waals surface area (Å²) in [6.07, 6.45) is 42.5. The fraction of sp³-hybridized carbons (Fsp3) is 0.533. The topological polar surface area (TPSA) is 176 Å². The minimum atomic E-state index is -0.613. The maximum atomic E-state index is 14.0. The molecule has 0 aliphatic carbocycles. The Balaban J connectivity index is 0.912. The third-order valence-corrected chi connectivity index (χ3v) is 18.8. The zero-order valence-corrected chi connectivity index (χ0v) is 63.5. The van der Waals surface area contributed by atoms with Gasteiger partial charge in [-0.15, -0.1) is 0 Å². The van der Waals surface area contributed by atoms with Gasteiger partial charge < -0.3 is 37.9 Å². The van der Waals surface area contributed by atoms with E-state index in [0.29, 0.717) is 84.5 Å². The number of benzene rings is 6. The molecule has 0 radical (unpaired) electrons. The van der Waals surface area contributed by atoms with Crippen LogP contribution in [-0.4, -0.2) is 61.9 Å². The molecule has 566 valence electrons. The van der Waals surface area contributed by atoms with E-state index in [4.69, 9.17) is 37.9 Å². The number of hydrogen-bond donors (Lipinski definition) is 0. The molecule has 0 atom stereocenters. The van der Waals surface area contributed by atoms with Crippen LogP contribution in [0.1, 0.15) is 347 Å². The molecule has 0 N–H and O–H groups in total. The number of rotatable bonds is 59. The van der Waals surface area contributed by atoms with Gasteiger partial charge in [0.25, 0.3) is 0 Å². The maximum absolute atomic E-state index is 14.0. The van der Waals surface area contributed by atoms with E-state index in [2.05, 4.69) is 27.7 Å². The van der Waals surface area contributed by atoms with Crippen molar-refractivity contribution in [2.45, 2.75) is 285 Å². The summed E-state index contributed by atoms with van der Waals surface area (Å²) in [5.74, 6) is 0.453. The molecule has 0 bridgehead atoms. The smallest absolute Gasteiger partial charge is 0.343 e. The molecule has 0 heterocycles. The van der Waals surface area contributed by atoms with Crippen LogP contribution >= 0.6 is 0 Å². The molecular formula is C90H122O14. The first-order chi connectivity index (χ1) is 51.0. The van der Waals surface area contributed by atoms with Gasteiger partial charge in [-0.1, -0.05) is 233 Å². The standard InChI is InChI=1S/C90H122O14/c1-5-9-13-17-33-39-65-97-75-53-45-71(46-54-75)87(93)101-79-61-63-85(103-89(95)73-49-57-77(58-50-73)99-67-41-35-19-15-11-7-3)81(69-79)83(91)43-37-31-29-27-25-23-21-22-24-26-28-30-32-38-44-84(92)82-70-80(102-88(94)72-47-55-76(56-48-72)98-66-40-34-18-14-10-6-2)62-64-86(82)104-90(96)74-51-59-78(60-52-74)100-68-42-36-20-16-12-8-4/h45-64,69-70H,5-44,65-68H2,1-4H3. The molecule has 6 rings (SSSR count). The van der Waals surface area contributed by atoms with E-state index in [9.17, 15) is 28.8 Å². The SMILES string of the molecule is CCCCCCCCOc1ccc(C(=O)Oc2ccc(OC(=O)c3ccc(OCCCCCCCC)cc3)c(C(=O)CCCCCCCCCCCCCCCCC(=O)c3cc(OC(=O)c4ccc(OCCCCCCCC)cc4)ccc3OC(=O)c3ccc(OCCCCCCCC)cc3)c2)cc1. The van der Waals surface area contributed by atoms with Crippen molar-refractivity contribution in [1.82, 2.24) is 0 Å². The van der Waals surface area contributed by atoms with Crippen LogP contribution in [0.25, 0.3) is 0 Å². The van der Waals surface area contributed by atoms with E-state index in [-0.39, 0.29) is 58.5 Å². The number of unbranched alkanes of at least 4 members (excludes halogenated alkanes) is 33. The Bertz CT molecular complexity index is 3150. The quantitative estimate of drug-likeness (QED) is 0.0152. The Morgan fingerprint density at radius 1 is 0.221 bits per heavy atom. The minimum Gasteiger partial charge on any atom is -0.494 e. The lowest BCUT2D eigenvalue weighted by atomic mass is 10.0.